The number of morpholine rings is 1. The summed E-state index contributed by atoms with van der Waals surface area (Å²) >= 11 is 0. The molecule has 0 bridgehead atoms. The van der Waals surface area contributed by atoms with E-state index in [-0.39, 0.29) is 5.91 Å². The van der Waals surface area contributed by atoms with E-state index in [1.807, 2.05) is 11.3 Å². The predicted octanol–water partition coefficient (Wildman–Crippen LogP) is 1.63. The van der Waals surface area contributed by atoms with E-state index >= 15 is 0 Å². The first-order chi connectivity index (χ1) is 7.36. The molecule has 2 aliphatic rings. The molecule has 2 rings (SSSR count). The highest BCUT2D eigenvalue weighted by Gasteiger charge is 2.22. The lowest BCUT2D eigenvalue weighted by Crippen LogP contribution is -2.41. The molecule has 0 spiro atoms. The Bertz CT molecular complexity index is 206. The number of nitrogens with zero attached hydrogens (tertiary/aromatic N) is 1. The van der Waals surface area contributed by atoms with Gasteiger partial charge in [-0.15, -0.1) is 0 Å². The van der Waals surface area contributed by atoms with Gasteiger partial charge in [-0.1, -0.05) is 19.3 Å². The minimum absolute atomic E-state index is 0.227. The lowest BCUT2D eigenvalue weighted by molar-refractivity contribution is -0.132. The smallest absolute Gasteiger partial charge is 0.226 e. The molecule has 0 aromatic heterocycles. The van der Waals surface area contributed by atoms with Crippen molar-refractivity contribution in [2.24, 2.45) is 5.92 Å². The minimum Gasteiger partial charge on any atom is -0.378 e. The van der Waals surface area contributed by atoms with Crippen molar-refractivity contribution in [3.05, 3.63) is 6.42 Å². The summed E-state index contributed by atoms with van der Waals surface area (Å²) in [6, 6.07) is 0. The van der Waals surface area contributed by atoms with E-state index in [9.17, 15) is 4.79 Å². The summed E-state index contributed by atoms with van der Waals surface area (Å²) in [4.78, 5) is 13.8. The molecule has 1 saturated carbocycles. The molecule has 1 aliphatic heterocycles. The Balaban J connectivity index is 1.74. The molecule has 0 atom stereocenters. The molecule has 1 saturated heterocycles. The standard InChI is InChI=1S/C12H20NO2/c14-12(13-6-8-15-9-7-13)10-11-4-2-1-3-5-11/h10-11H,1-9H2. The van der Waals surface area contributed by atoms with Gasteiger partial charge in [0.05, 0.1) is 19.6 Å². The van der Waals surface area contributed by atoms with Crippen LogP contribution in [-0.4, -0.2) is 37.1 Å². The monoisotopic (exact) mass is 210 g/mol. The maximum Gasteiger partial charge on any atom is 0.226 e. The second-order valence-corrected chi connectivity index (χ2v) is 4.50. The zero-order chi connectivity index (χ0) is 10.5. The fraction of sp³-hybridized carbons (Fsp3) is 0.833. The van der Waals surface area contributed by atoms with E-state index in [2.05, 4.69) is 0 Å². The third-order valence-electron chi connectivity index (χ3n) is 3.35. The average molecular weight is 210 g/mol. The van der Waals surface area contributed by atoms with Crippen LogP contribution in [-0.2, 0) is 9.53 Å². The fourth-order valence-corrected chi connectivity index (χ4v) is 2.39. The van der Waals surface area contributed by atoms with Crippen LogP contribution in [0.3, 0.4) is 0 Å². The molecule has 0 aromatic carbocycles. The van der Waals surface area contributed by atoms with E-state index < -0.39 is 0 Å². The SMILES string of the molecule is O=C([CH]C1CCCCC1)N1CCOCC1. The Morgan fingerprint density at radius 1 is 1.13 bits per heavy atom. The summed E-state index contributed by atoms with van der Waals surface area (Å²) in [5.41, 5.74) is 0. The van der Waals surface area contributed by atoms with Crippen LogP contribution in [0.25, 0.3) is 0 Å². The number of carbonyl (C=O) groups excluding carboxylic acids is 1. The van der Waals surface area contributed by atoms with Crippen LogP contribution in [0.1, 0.15) is 32.1 Å². The van der Waals surface area contributed by atoms with E-state index in [0.29, 0.717) is 19.1 Å². The fourth-order valence-electron chi connectivity index (χ4n) is 2.39. The summed E-state index contributed by atoms with van der Waals surface area (Å²) in [6.07, 6.45) is 8.28. The Labute approximate surface area is 91.8 Å². The maximum atomic E-state index is 11.9. The molecule has 0 unspecified atom stereocenters. The van der Waals surface area contributed by atoms with Crippen molar-refractivity contribution < 1.29 is 9.53 Å². The van der Waals surface area contributed by atoms with Crippen molar-refractivity contribution in [3.63, 3.8) is 0 Å². The molecule has 1 radical (unpaired) electrons. The van der Waals surface area contributed by atoms with Crippen molar-refractivity contribution in [3.8, 4) is 0 Å². The predicted molar refractivity (Wildman–Crippen MR) is 58.3 cm³/mol. The molecule has 3 heteroatoms. The molecule has 0 aromatic rings. The van der Waals surface area contributed by atoms with Gasteiger partial charge in [0.2, 0.25) is 5.91 Å². The molecular formula is C12H20NO2. The number of hydrogen-bond acceptors (Lipinski definition) is 2. The number of amides is 1. The Kier molecular flexibility index (Phi) is 4.01. The minimum atomic E-state index is 0.227. The molecule has 1 amide bonds. The third kappa shape index (κ3) is 3.20. The normalized spacial score (nSPS) is 24.1. The second-order valence-electron chi connectivity index (χ2n) is 4.50. The number of carbonyl (C=O) groups is 1. The van der Waals surface area contributed by atoms with E-state index in [4.69, 9.17) is 4.74 Å². The van der Waals surface area contributed by atoms with Gasteiger partial charge in [-0.3, -0.25) is 4.79 Å². The van der Waals surface area contributed by atoms with Gasteiger partial charge in [0.1, 0.15) is 0 Å². The van der Waals surface area contributed by atoms with Crippen LogP contribution in [0.4, 0.5) is 0 Å². The summed E-state index contributed by atoms with van der Waals surface area (Å²) in [5.74, 6) is 0.763. The van der Waals surface area contributed by atoms with Gasteiger partial charge >= 0.3 is 0 Å². The molecule has 2 fully saturated rings. The second kappa shape index (κ2) is 5.50. The Morgan fingerprint density at radius 2 is 1.80 bits per heavy atom. The first-order valence-corrected chi connectivity index (χ1v) is 6.08. The van der Waals surface area contributed by atoms with Crippen LogP contribution in [0.15, 0.2) is 0 Å². The van der Waals surface area contributed by atoms with Gasteiger partial charge < -0.3 is 9.64 Å². The molecule has 15 heavy (non-hydrogen) atoms. The molecular weight excluding hydrogens is 190 g/mol. The Morgan fingerprint density at radius 3 is 2.47 bits per heavy atom. The highest BCUT2D eigenvalue weighted by molar-refractivity contribution is 5.85. The number of rotatable bonds is 2. The van der Waals surface area contributed by atoms with E-state index in [1.54, 1.807) is 0 Å². The maximum absolute atomic E-state index is 11.9. The van der Waals surface area contributed by atoms with Gasteiger partial charge in [-0.2, -0.15) is 0 Å². The van der Waals surface area contributed by atoms with E-state index in [1.165, 1.54) is 32.1 Å². The molecule has 85 valence electrons. The van der Waals surface area contributed by atoms with Crippen LogP contribution in [0.5, 0.6) is 0 Å². The summed E-state index contributed by atoms with van der Waals surface area (Å²) < 4.78 is 5.23. The highest BCUT2D eigenvalue weighted by Crippen LogP contribution is 2.26. The quantitative estimate of drug-likeness (QED) is 0.693. The average Bonchev–Trinajstić information content (AvgIpc) is 2.31. The summed E-state index contributed by atoms with van der Waals surface area (Å²) in [5, 5.41) is 0. The van der Waals surface area contributed by atoms with Crippen molar-refractivity contribution in [2.45, 2.75) is 32.1 Å². The van der Waals surface area contributed by atoms with Gasteiger partial charge in [-0.25, -0.2) is 0 Å². The van der Waals surface area contributed by atoms with Gasteiger partial charge in [0.25, 0.3) is 0 Å². The molecule has 0 N–H and O–H groups in total. The first-order valence-electron chi connectivity index (χ1n) is 6.08. The zero-order valence-corrected chi connectivity index (χ0v) is 9.28. The molecule has 1 aliphatic carbocycles. The largest absolute Gasteiger partial charge is 0.378 e. The van der Waals surface area contributed by atoms with Crippen LogP contribution >= 0.6 is 0 Å². The molecule has 3 nitrogen and oxygen atoms in total. The summed E-state index contributed by atoms with van der Waals surface area (Å²) in [7, 11) is 0. The summed E-state index contributed by atoms with van der Waals surface area (Å²) in [6.45, 7) is 2.93. The van der Waals surface area contributed by atoms with Crippen LogP contribution < -0.4 is 0 Å². The van der Waals surface area contributed by atoms with Crippen molar-refractivity contribution in [1.82, 2.24) is 4.90 Å². The number of ether oxygens (including phenoxy) is 1. The van der Waals surface area contributed by atoms with Gasteiger partial charge in [0, 0.05) is 13.1 Å². The van der Waals surface area contributed by atoms with Crippen molar-refractivity contribution >= 4 is 5.91 Å². The van der Waals surface area contributed by atoms with Crippen LogP contribution in [0.2, 0.25) is 0 Å². The van der Waals surface area contributed by atoms with Crippen molar-refractivity contribution in [1.29, 1.82) is 0 Å². The highest BCUT2D eigenvalue weighted by atomic mass is 16.5. The first kappa shape index (κ1) is 10.9. The van der Waals surface area contributed by atoms with Crippen molar-refractivity contribution in [2.75, 3.05) is 26.3 Å². The Hall–Kier alpha value is -0.570. The van der Waals surface area contributed by atoms with Gasteiger partial charge in [-0.05, 0) is 18.8 Å². The van der Waals surface area contributed by atoms with Gasteiger partial charge in [0.15, 0.2) is 0 Å². The van der Waals surface area contributed by atoms with E-state index in [0.717, 1.165) is 13.1 Å². The topological polar surface area (TPSA) is 29.5 Å². The lowest BCUT2D eigenvalue weighted by Gasteiger charge is -2.29. The number of hydrogen-bond donors (Lipinski definition) is 0. The third-order valence-corrected chi connectivity index (χ3v) is 3.35. The molecule has 1 heterocycles. The zero-order valence-electron chi connectivity index (χ0n) is 9.28. The van der Waals surface area contributed by atoms with Crippen LogP contribution in [0, 0.1) is 12.3 Å². The lowest BCUT2D eigenvalue weighted by atomic mass is 9.86.